The van der Waals surface area contributed by atoms with Gasteiger partial charge in [-0.2, -0.15) is 4.98 Å². The lowest BCUT2D eigenvalue weighted by Crippen LogP contribution is -2.14. The third kappa shape index (κ3) is 3.88. The van der Waals surface area contributed by atoms with Crippen molar-refractivity contribution in [1.82, 2.24) is 19.5 Å². The minimum absolute atomic E-state index is 0.0741. The zero-order valence-electron chi connectivity index (χ0n) is 16.5. The van der Waals surface area contributed by atoms with Gasteiger partial charge in [-0.15, -0.1) is 0 Å². The molecule has 3 rings (SSSR count). The molecule has 3 N–H and O–H groups in total. The van der Waals surface area contributed by atoms with Crippen LogP contribution >= 0.6 is 11.6 Å². The molecule has 0 bridgehead atoms. The molecule has 0 aliphatic rings. The number of ether oxygens (including phenoxy) is 1. The molecule has 0 fully saturated rings. The van der Waals surface area contributed by atoms with E-state index in [-0.39, 0.29) is 11.1 Å². The molecule has 0 atom stereocenters. The first-order valence-electron chi connectivity index (χ1n) is 8.67. The summed E-state index contributed by atoms with van der Waals surface area (Å²) in [4.78, 5) is 12.9. The van der Waals surface area contributed by atoms with Crippen LogP contribution in [0.25, 0.3) is 11.0 Å². The van der Waals surface area contributed by atoms with Gasteiger partial charge < -0.3 is 20.1 Å². The van der Waals surface area contributed by atoms with Gasteiger partial charge in [0.1, 0.15) is 22.2 Å². The summed E-state index contributed by atoms with van der Waals surface area (Å²) >= 11 is 6.32. The molecule has 0 radical (unpaired) electrons. The summed E-state index contributed by atoms with van der Waals surface area (Å²) in [6.45, 7) is 7.56. The normalized spacial score (nSPS) is 11.4. The van der Waals surface area contributed by atoms with Crippen LogP contribution in [-0.4, -0.2) is 37.3 Å². The Labute approximate surface area is 168 Å². The van der Waals surface area contributed by atoms with Crippen molar-refractivity contribution in [2.75, 3.05) is 12.8 Å². The maximum Gasteiger partial charge on any atom is 0.223 e. The Hall–Kier alpha value is -2.82. The zero-order chi connectivity index (χ0) is 20.6. The first kappa shape index (κ1) is 19.9. The average molecular weight is 400 g/mol. The molecule has 28 heavy (non-hydrogen) atoms. The van der Waals surface area contributed by atoms with Gasteiger partial charge in [0.25, 0.3) is 0 Å². The van der Waals surface area contributed by atoms with Gasteiger partial charge >= 0.3 is 0 Å². The Kier molecular flexibility index (Phi) is 5.20. The van der Waals surface area contributed by atoms with Crippen LogP contribution in [0.3, 0.4) is 0 Å². The molecule has 0 aromatic carbocycles. The highest BCUT2D eigenvalue weighted by Crippen LogP contribution is 2.29. The van der Waals surface area contributed by atoms with Crippen molar-refractivity contribution in [3.05, 3.63) is 39.9 Å². The number of anilines is 1. The summed E-state index contributed by atoms with van der Waals surface area (Å²) in [5.41, 5.74) is 8.57. The predicted molar refractivity (Wildman–Crippen MR) is 109 cm³/mol. The molecule has 8 heteroatoms. The van der Waals surface area contributed by atoms with Crippen LogP contribution in [-0.2, 0) is 6.54 Å². The summed E-state index contributed by atoms with van der Waals surface area (Å²) in [5, 5.41) is 10.7. The average Bonchev–Trinajstić information content (AvgIpc) is 2.93. The molecule has 0 saturated heterocycles. The molecule has 0 saturated carbocycles. The second-order valence-electron chi connectivity index (χ2n) is 7.10. The maximum atomic E-state index is 9.94. The number of nitrogen functional groups attached to an aromatic ring is 1. The fourth-order valence-electron chi connectivity index (χ4n) is 2.99. The van der Waals surface area contributed by atoms with Crippen molar-refractivity contribution in [3.8, 4) is 17.6 Å². The van der Waals surface area contributed by atoms with E-state index >= 15 is 0 Å². The fourth-order valence-corrected chi connectivity index (χ4v) is 3.26. The minimum Gasteiger partial charge on any atom is -0.496 e. The van der Waals surface area contributed by atoms with Crippen molar-refractivity contribution in [2.45, 2.75) is 39.8 Å². The van der Waals surface area contributed by atoms with E-state index in [0.717, 1.165) is 22.6 Å². The Morgan fingerprint density at radius 1 is 1.32 bits per heavy atom. The van der Waals surface area contributed by atoms with E-state index in [1.54, 1.807) is 27.2 Å². The molecular weight excluding hydrogens is 378 g/mol. The summed E-state index contributed by atoms with van der Waals surface area (Å²) in [7, 11) is 1.64. The zero-order valence-corrected chi connectivity index (χ0v) is 17.2. The van der Waals surface area contributed by atoms with Crippen molar-refractivity contribution in [3.63, 3.8) is 0 Å². The van der Waals surface area contributed by atoms with E-state index in [0.29, 0.717) is 23.1 Å². The highest BCUT2D eigenvalue weighted by Gasteiger charge is 2.17. The van der Waals surface area contributed by atoms with Gasteiger partial charge in [0.15, 0.2) is 0 Å². The third-order valence-electron chi connectivity index (χ3n) is 4.26. The molecule has 0 unspecified atom stereocenters. The minimum atomic E-state index is -1.14. The number of pyridine rings is 1. The molecule has 0 spiro atoms. The molecule has 7 nitrogen and oxygen atoms in total. The van der Waals surface area contributed by atoms with E-state index in [9.17, 15) is 5.11 Å². The monoisotopic (exact) mass is 399 g/mol. The number of hydrogen-bond acceptors (Lipinski definition) is 6. The third-order valence-corrected chi connectivity index (χ3v) is 4.54. The van der Waals surface area contributed by atoms with Gasteiger partial charge in [0, 0.05) is 23.5 Å². The van der Waals surface area contributed by atoms with Crippen molar-refractivity contribution in [1.29, 1.82) is 0 Å². The lowest BCUT2D eigenvalue weighted by atomic mass is 10.1. The first-order chi connectivity index (χ1) is 13.1. The van der Waals surface area contributed by atoms with Crippen LogP contribution in [0.5, 0.6) is 5.75 Å². The van der Waals surface area contributed by atoms with E-state index < -0.39 is 5.60 Å². The maximum absolute atomic E-state index is 9.94. The summed E-state index contributed by atoms with van der Waals surface area (Å²) in [5.74, 6) is 6.64. The summed E-state index contributed by atoms with van der Waals surface area (Å²) < 4.78 is 7.37. The van der Waals surface area contributed by atoms with E-state index in [4.69, 9.17) is 22.1 Å². The molecule has 0 aliphatic carbocycles. The van der Waals surface area contributed by atoms with E-state index in [1.165, 1.54) is 0 Å². The Morgan fingerprint density at radius 3 is 2.68 bits per heavy atom. The van der Waals surface area contributed by atoms with Gasteiger partial charge in [0.2, 0.25) is 5.95 Å². The van der Waals surface area contributed by atoms with Crippen molar-refractivity contribution >= 4 is 28.6 Å². The van der Waals surface area contributed by atoms with Crippen LogP contribution in [0.15, 0.2) is 12.4 Å². The second kappa shape index (κ2) is 7.30. The van der Waals surface area contributed by atoms with Gasteiger partial charge in [-0.3, -0.25) is 4.98 Å². The lowest BCUT2D eigenvalue weighted by molar-refractivity contribution is 0.143. The number of nitrogens with two attached hydrogens (primary N) is 1. The smallest absolute Gasteiger partial charge is 0.223 e. The van der Waals surface area contributed by atoms with Gasteiger partial charge in [-0.05, 0) is 27.7 Å². The number of nitrogens with zero attached hydrogens (tertiary/aromatic N) is 4. The summed E-state index contributed by atoms with van der Waals surface area (Å²) in [6.07, 6.45) is 3.59. The quantitative estimate of drug-likeness (QED) is 0.519. The number of rotatable bonds is 3. The SMILES string of the molecule is COc1c(C)cnc(Cn2cc(C#CC(C)(C)O)c3c(Cl)nc(N)nc32)c1C. The number of fused-ring (bicyclic) bond motifs is 1. The van der Waals surface area contributed by atoms with Gasteiger partial charge in [0.05, 0.1) is 30.3 Å². The lowest BCUT2D eigenvalue weighted by Gasteiger charge is -2.13. The number of aromatic nitrogens is 4. The number of aliphatic hydroxyl groups is 1. The van der Waals surface area contributed by atoms with Crippen LogP contribution in [0.1, 0.15) is 36.2 Å². The predicted octanol–water partition coefficient (Wildman–Crippen LogP) is 2.86. The van der Waals surface area contributed by atoms with Crippen LogP contribution < -0.4 is 10.5 Å². The largest absolute Gasteiger partial charge is 0.496 e. The molecule has 3 heterocycles. The first-order valence-corrected chi connectivity index (χ1v) is 9.05. The van der Waals surface area contributed by atoms with Gasteiger partial charge in [-0.1, -0.05) is 23.4 Å². The number of aryl methyl sites for hydroxylation is 1. The number of hydrogen-bond donors (Lipinski definition) is 2. The Balaban J connectivity index is 2.18. The highest BCUT2D eigenvalue weighted by atomic mass is 35.5. The second-order valence-corrected chi connectivity index (χ2v) is 7.46. The molecule has 146 valence electrons. The standard InChI is InChI=1S/C20H22ClN5O2/c1-11-8-23-14(12(2)16(11)28-5)10-26-9-13(6-7-20(3,4)27)15-17(21)24-19(22)25-18(15)26/h8-9,27H,10H2,1-5H3,(H2,22,24,25). The number of methoxy groups -OCH3 is 1. The highest BCUT2D eigenvalue weighted by molar-refractivity contribution is 6.34. The molecular formula is C20H22ClN5O2. The van der Waals surface area contributed by atoms with Gasteiger partial charge in [-0.25, -0.2) is 4.98 Å². The number of halogens is 1. The van der Waals surface area contributed by atoms with Crippen molar-refractivity contribution < 1.29 is 9.84 Å². The molecule has 3 aromatic rings. The van der Waals surface area contributed by atoms with E-state index in [1.807, 2.05) is 24.6 Å². The van der Waals surface area contributed by atoms with Crippen LogP contribution in [0.4, 0.5) is 5.95 Å². The fraction of sp³-hybridized carbons (Fsp3) is 0.350. The molecule has 3 aromatic heterocycles. The Morgan fingerprint density at radius 2 is 2.04 bits per heavy atom. The van der Waals surface area contributed by atoms with Crippen molar-refractivity contribution in [2.24, 2.45) is 0 Å². The topological polar surface area (TPSA) is 99.1 Å². The molecule has 0 amide bonds. The molecule has 0 aliphatic heterocycles. The Bertz CT molecular complexity index is 1120. The van der Waals surface area contributed by atoms with Crippen LogP contribution in [0, 0.1) is 25.7 Å². The van der Waals surface area contributed by atoms with E-state index in [2.05, 4.69) is 26.8 Å². The van der Waals surface area contributed by atoms with Crippen LogP contribution in [0.2, 0.25) is 5.15 Å². The summed E-state index contributed by atoms with van der Waals surface area (Å²) in [6, 6.07) is 0.